The minimum absolute atomic E-state index is 0.0378. The van der Waals surface area contributed by atoms with Crippen LogP contribution in [0.15, 0.2) is 18.3 Å². The van der Waals surface area contributed by atoms with Gasteiger partial charge in [-0.1, -0.05) is 13.8 Å². The third-order valence-electron chi connectivity index (χ3n) is 4.04. The molecule has 0 aromatic carbocycles. The molecule has 0 aliphatic carbocycles. The van der Waals surface area contributed by atoms with Crippen LogP contribution in [0.4, 0.5) is 4.39 Å². The first-order valence-corrected chi connectivity index (χ1v) is 7.26. The number of carbonyl (C=O) groups is 1. The number of carboxylic acid groups (broad SMARTS) is 1. The fraction of sp³-hybridized carbons (Fsp3) is 0.600. The molecule has 0 spiro atoms. The minimum Gasteiger partial charge on any atom is -0.481 e. The summed E-state index contributed by atoms with van der Waals surface area (Å²) < 4.78 is 18.4. The molecule has 1 saturated heterocycles. The van der Waals surface area contributed by atoms with Crippen LogP contribution in [0.3, 0.4) is 0 Å². The van der Waals surface area contributed by atoms with E-state index in [1.165, 1.54) is 12.3 Å². The number of halogens is 1. The zero-order valence-electron chi connectivity index (χ0n) is 12.3. The number of nitrogens with zero attached hydrogens (tertiary/aromatic N) is 2. The smallest absolute Gasteiger partial charge is 0.310 e. The minimum atomic E-state index is -0.835. The highest BCUT2D eigenvalue weighted by atomic mass is 19.1. The first kappa shape index (κ1) is 15.9. The van der Waals surface area contributed by atoms with E-state index in [0.717, 1.165) is 12.1 Å². The molecule has 0 bridgehead atoms. The average Bonchev–Trinajstić information content (AvgIpc) is 2.95. The summed E-state index contributed by atoms with van der Waals surface area (Å²) in [6.45, 7) is 5.34. The second-order valence-electron chi connectivity index (χ2n) is 5.21. The molecule has 0 radical (unpaired) electrons. The van der Waals surface area contributed by atoms with E-state index >= 15 is 0 Å². The Bertz CT molecular complexity index is 480. The molecule has 0 amide bonds. The molecular formula is C15H21FN2O3. The zero-order valence-corrected chi connectivity index (χ0v) is 12.3. The van der Waals surface area contributed by atoms with Gasteiger partial charge in [-0.05, 0) is 25.1 Å². The highest BCUT2D eigenvalue weighted by Gasteiger charge is 2.40. The summed E-state index contributed by atoms with van der Waals surface area (Å²) in [6, 6.07) is 2.84. The van der Waals surface area contributed by atoms with Gasteiger partial charge < -0.3 is 9.84 Å². The molecule has 3 atom stereocenters. The lowest BCUT2D eigenvalue weighted by molar-refractivity contribution is -0.143. The summed E-state index contributed by atoms with van der Waals surface area (Å²) in [5.41, 5.74) is 0.761. The number of pyridine rings is 1. The van der Waals surface area contributed by atoms with Gasteiger partial charge in [0.25, 0.3) is 0 Å². The van der Waals surface area contributed by atoms with Crippen molar-refractivity contribution in [1.29, 1.82) is 0 Å². The van der Waals surface area contributed by atoms with Crippen molar-refractivity contribution in [3.05, 3.63) is 29.8 Å². The van der Waals surface area contributed by atoms with E-state index < -0.39 is 11.9 Å². The van der Waals surface area contributed by atoms with Crippen molar-refractivity contribution in [3.8, 4) is 0 Å². The van der Waals surface area contributed by atoms with Gasteiger partial charge in [0.2, 0.25) is 0 Å². The van der Waals surface area contributed by atoms with Crippen LogP contribution in [-0.4, -0.2) is 46.8 Å². The first-order valence-electron chi connectivity index (χ1n) is 7.26. The number of aliphatic carboxylic acids is 1. The zero-order chi connectivity index (χ0) is 15.4. The third kappa shape index (κ3) is 3.39. The molecule has 2 heterocycles. The Hall–Kier alpha value is -1.53. The fourth-order valence-corrected chi connectivity index (χ4v) is 2.99. The molecule has 1 aliphatic rings. The summed E-state index contributed by atoms with van der Waals surface area (Å²) in [5.74, 6) is -1.73. The Balaban J connectivity index is 2.25. The molecule has 1 aromatic heterocycles. The van der Waals surface area contributed by atoms with E-state index in [9.17, 15) is 14.3 Å². The van der Waals surface area contributed by atoms with Crippen molar-refractivity contribution < 1.29 is 19.0 Å². The van der Waals surface area contributed by atoms with E-state index in [1.807, 2.05) is 13.8 Å². The summed E-state index contributed by atoms with van der Waals surface area (Å²) in [6.07, 6.45) is 1.97. The second-order valence-corrected chi connectivity index (χ2v) is 5.21. The Morgan fingerprint density at radius 1 is 1.52 bits per heavy atom. The van der Waals surface area contributed by atoms with Gasteiger partial charge >= 0.3 is 5.97 Å². The molecule has 3 unspecified atom stereocenters. The Morgan fingerprint density at radius 3 is 2.81 bits per heavy atom. The van der Waals surface area contributed by atoms with Gasteiger partial charge in [0.1, 0.15) is 5.82 Å². The fourth-order valence-electron chi connectivity index (χ4n) is 2.99. The van der Waals surface area contributed by atoms with Crippen LogP contribution in [0.1, 0.15) is 32.0 Å². The first-order chi connectivity index (χ1) is 10.1. The standard InChI is InChI=1S/C15H21FN2O3/c1-3-13(12-6-5-10(16)7-17-12)18(4-2)14-9-21-8-11(14)15(19)20/h5-7,11,13-14H,3-4,8-9H2,1-2H3,(H,19,20). The van der Waals surface area contributed by atoms with Gasteiger partial charge in [0.15, 0.2) is 0 Å². The number of carboxylic acids is 1. The molecule has 5 nitrogen and oxygen atoms in total. The van der Waals surface area contributed by atoms with E-state index in [4.69, 9.17) is 4.74 Å². The Labute approximate surface area is 123 Å². The van der Waals surface area contributed by atoms with Crippen molar-refractivity contribution in [2.45, 2.75) is 32.4 Å². The highest BCUT2D eigenvalue weighted by Crippen LogP contribution is 2.30. The maximum absolute atomic E-state index is 13.0. The van der Waals surface area contributed by atoms with Gasteiger partial charge in [-0.25, -0.2) is 4.39 Å². The van der Waals surface area contributed by atoms with Crippen LogP contribution in [0.2, 0.25) is 0 Å². The lowest BCUT2D eigenvalue weighted by Gasteiger charge is -2.35. The van der Waals surface area contributed by atoms with Crippen LogP contribution in [0.25, 0.3) is 0 Å². The maximum Gasteiger partial charge on any atom is 0.310 e. The molecule has 116 valence electrons. The van der Waals surface area contributed by atoms with Crippen LogP contribution in [0.5, 0.6) is 0 Å². The Kier molecular flexibility index (Phi) is 5.25. The number of likely N-dealkylation sites (N-methyl/N-ethyl adjacent to an activating group) is 1. The molecule has 1 aliphatic heterocycles. The van der Waals surface area contributed by atoms with Gasteiger partial charge in [0.05, 0.1) is 37.1 Å². The van der Waals surface area contributed by atoms with E-state index in [0.29, 0.717) is 13.2 Å². The van der Waals surface area contributed by atoms with Gasteiger partial charge in [-0.3, -0.25) is 14.7 Å². The van der Waals surface area contributed by atoms with Crippen LogP contribution < -0.4 is 0 Å². The van der Waals surface area contributed by atoms with Crippen molar-refractivity contribution >= 4 is 5.97 Å². The van der Waals surface area contributed by atoms with Crippen molar-refractivity contribution in [2.24, 2.45) is 5.92 Å². The Morgan fingerprint density at radius 2 is 2.29 bits per heavy atom. The van der Waals surface area contributed by atoms with E-state index in [-0.39, 0.29) is 24.5 Å². The third-order valence-corrected chi connectivity index (χ3v) is 4.04. The summed E-state index contributed by atoms with van der Waals surface area (Å²) in [5, 5.41) is 9.32. The predicted octanol–water partition coefficient (Wildman–Crippen LogP) is 2.09. The topological polar surface area (TPSA) is 62.7 Å². The van der Waals surface area contributed by atoms with Crippen LogP contribution >= 0.6 is 0 Å². The summed E-state index contributed by atoms with van der Waals surface area (Å²) >= 11 is 0. The van der Waals surface area contributed by atoms with Gasteiger partial charge in [-0.15, -0.1) is 0 Å². The number of rotatable bonds is 6. The number of aromatic nitrogens is 1. The van der Waals surface area contributed by atoms with E-state index in [2.05, 4.69) is 9.88 Å². The monoisotopic (exact) mass is 296 g/mol. The van der Waals surface area contributed by atoms with Gasteiger partial charge in [-0.2, -0.15) is 0 Å². The maximum atomic E-state index is 13.0. The summed E-state index contributed by atoms with van der Waals surface area (Å²) in [4.78, 5) is 17.6. The van der Waals surface area contributed by atoms with Crippen molar-refractivity contribution in [2.75, 3.05) is 19.8 Å². The molecular weight excluding hydrogens is 275 g/mol. The lowest BCUT2D eigenvalue weighted by Crippen LogP contribution is -2.45. The molecule has 6 heteroatoms. The van der Waals surface area contributed by atoms with Crippen LogP contribution in [0, 0.1) is 11.7 Å². The lowest BCUT2D eigenvalue weighted by atomic mass is 9.98. The normalized spacial score (nSPS) is 23.4. The van der Waals surface area contributed by atoms with Crippen molar-refractivity contribution in [3.63, 3.8) is 0 Å². The average molecular weight is 296 g/mol. The van der Waals surface area contributed by atoms with Gasteiger partial charge in [0, 0.05) is 6.04 Å². The molecule has 1 N–H and O–H groups in total. The van der Waals surface area contributed by atoms with Crippen molar-refractivity contribution in [1.82, 2.24) is 9.88 Å². The molecule has 0 saturated carbocycles. The molecule has 2 rings (SSSR count). The number of ether oxygens (including phenoxy) is 1. The molecule has 21 heavy (non-hydrogen) atoms. The SMILES string of the molecule is CCC(c1ccc(F)cn1)N(CC)C1COCC1C(=O)O. The quantitative estimate of drug-likeness (QED) is 0.871. The second kappa shape index (κ2) is 6.95. The predicted molar refractivity (Wildman–Crippen MR) is 75.3 cm³/mol. The molecule has 1 aromatic rings. The highest BCUT2D eigenvalue weighted by molar-refractivity contribution is 5.71. The van der Waals surface area contributed by atoms with E-state index in [1.54, 1.807) is 6.07 Å². The summed E-state index contributed by atoms with van der Waals surface area (Å²) in [7, 11) is 0. The molecule has 1 fully saturated rings. The largest absolute Gasteiger partial charge is 0.481 e. The number of hydrogen-bond donors (Lipinski definition) is 1. The number of hydrogen-bond acceptors (Lipinski definition) is 4. The van der Waals surface area contributed by atoms with Crippen LogP contribution in [-0.2, 0) is 9.53 Å².